The molecule has 140 valence electrons. The molecule has 0 N–H and O–H groups in total. The van der Waals surface area contributed by atoms with Crippen LogP contribution in [0.1, 0.15) is 22.5 Å². The zero-order chi connectivity index (χ0) is 19.3. The van der Waals surface area contributed by atoms with Gasteiger partial charge in [0.15, 0.2) is 5.82 Å². The zero-order valence-corrected chi connectivity index (χ0v) is 15.9. The molecule has 3 aromatic heterocycles. The molecule has 3 heterocycles. The zero-order valence-electron chi connectivity index (χ0n) is 15.9. The summed E-state index contributed by atoms with van der Waals surface area (Å²) in [5, 5.41) is 4.08. The average molecular weight is 371 g/mol. The normalized spacial score (nSPS) is 10.8. The van der Waals surface area contributed by atoms with Crippen molar-refractivity contribution >= 4 is 5.82 Å². The first kappa shape index (κ1) is 17.9. The number of hydrogen-bond acceptors (Lipinski definition) is 6. The molecule has 6 heteroatoms. The minimum absolute atomic E-state index is 0.484. The molecule has 1 aromatic carbocycles. The summed E-state index contributed by atoms with van der Waals surface area (Å²) >= 11 is 0. The SMILES string of the molecule is Cc1cnccc1CN(C)c1ccc(-c2nc(Cc3ccccc3)no2)cn1. The van der Waals surface area contributed by atoms with E-state index in [0.29, 0.717) is 18.1 Å². The van der Waals surface area contributed by atoms with Gasteiger partial charge in [0, 0.05) is 38.6 Å². The standard InChI is InChI=1S/C22H21N5O/c1-16-13-23-11-10-19(16)15-27(2)21-9-8-18(14-24-21)22-25-20(26-28-22)12-17-6-4-3-5-7-17/h3-11,13-14H,12,15H2,1-2H3. The number of nitrogens with zero attached hydrogens (tertiary/aromatic N) is 5. The lowest BCUT2D eigenvalue weighted by molar-refractivity contribution is 0.424. The Kier molecular flexibility index (Phi) is 5.10. The van der Waals surface area contributed by atoms with Crippen LogP contribution in [-0.4, -0.2) is 27.2 Å². The number of aryl methyl sites for hydroxylation is 1. The number of hydrogen-bond donors (Lipinski definition) is 0. The van der Waals surface area contributed by atoms with Gasteiger partial charge in [-0.1, -0.05) is 35.5 Å². The number of anilines is 1. The summed E-state index contributed by atoms with van der Waals surface area (Å²) in [6, 6.07) is 16.1. The van der Waals surface area contributed by atoms with Crippen molar-refractivity contribution in [2.24, 2.45) is 0 Å². The number of aromatic nitrogens is 4. The highest BCUT2D eigenvalue weighted by Gasteiger charge is 2.11. The van der Waals surface area contributed by atoms with Crippen LogP contribution < -0.4 is 4.90 Å². The third-order valence-corrected chi connectivity index (χ3v) is 4.60. The van der Waals surface area contributed by atoms with Gasteiger partial charge in [0.2, 0.25) is 0 Å². The van der Waals surface area contributed by atoms with Crippen molar-refractivity contribution in [2.75, 3.05) is 11.9 Å². The lowest BCUT2D eigenvalue weighted by atomic mass is 10.1. The van der Waals surface area contributed by atoms with Crippen LogP contribution in [0.4, 0.5) is 5.82 Å². The summed E-state index contributed by atoms with van der Waals surface area (Å²) in [6.07, 6.45) is 6.10. The quantitative estimate of drug-likeness (QED) is 0.509. The van der Waals surface area contributed by atoms with Crippen LogP contribution in [-0.2, 0) is 13.0 Å². The average Bonchev–Trinajstić information content (AvgIpc) is 3.19. The maximum absolute atomic E-state index is 5.41. The molecule has 0 amide bonds. The Morgan fingerprint density at radius 2 is 1.86 bits per heavy atom. The van der Waals surface area contributed by atoms with Gasteiger partial charge in [0.1, 0.15) is 5.82 Å². The third kappa shape index (κ3) is 4.06. The van der Waals surface area contributed by atoms with Crippen molar-refractivity contribution in [1.29, 1.82) is 0 Å². The van der Waals surface area contributed by atoms with Crippen LogP contribution in [0.15, 0.2) is 71.6 Å². The fraction of sp³-hybridized carbons (Fsp3) is 0.182. The second kappa shape index (κ2) is 8.00. The molecule has 4 rings (SSSR count). The molecule has 6 nitrogen and oxygen atoms in total. The number of pyridine rings is 2. The first-order valence-electron chi connectivity index (χ1n) is 9.12. The molecule has 0 fully saturated rings. The molecule has 4 aromatic rings. The van der Waals surface area contributed by atoms with Crippen molar-refractivity contribution < 1.29 is 4.52 Å². The maximum Gasteiger partial charge on any atom is 0.259 e. The summed E-state index contributed by atoms with van der Waals surface area (Å²) in [6.45, 7) is 2.83. The van der Waals surface area contributed by atoms with Gasteiger partial charge in [-0.2, -0.15) is 4.98 Å². The van der Waals surface area contributed by atoms with E-state index in [1.807, 2.05) is 68.0 Å². The van der Waals surface area contributed by atoms with Gasteiger partial charge in [-0.25, -0.2) is 4.98 Å². The van der Waals surface area contributed by atoms with Crippen molar-refractivity contribution in [1.82, 2.24) is 20.1 Å². The molecule has 0 radical (unpaired) electrons. The predicted octanol–water partition coefficient (Wildman–Crippen LogP) is 4.06. The molecule has 0 saturated heterocycles. The molecule has 28 heavy (non-hydrogen) atoms. The van der Waals surface area contributed by atoms with Crippen molar-refractivity contribution in [3.63, 3.8) is 0 Å². The van der Waals surface area contributed by atoms with Gasteiger partial charge in [-0.05, 0) is 41.8 Å². The molecule has 0 aliphatic heterocycles. The Hall–Kier alpha value is -3.54. The monoisotopic (exact) mass is 371 g/mol. The van der Waals surface area contributed by atoms with E-state index in [1.54, 1.807) is 6.20 Å². The maximum atomic E-state index is 5.41. The Balaban J connectivity index is 1.45. The minimum atomic E-state index is 0.484. The molecule has 0 aliphatic rings. The molecular weight excluding hydrogens is 350 g/mol. The van der Waals surface area contributed by atoms with E-state index in [9.17, 15) is 0 Å². The highest BCUT2D eigenvalue weighted by Crippen LogP contribution is 2.21. The summed E-state index contributed by atoms with van der Waals surface area (Å²) in [7, 11) is 2.02. The molecule has 0 unspecified atom stereocenters. The van der Waals surface area contributed by atoms with Crippen molar-refractivity contribution in [2.45, 2.75) is 19.9 Å². The van der Waals surface area contributed by atoms with Gasteiger partial charge in [0.05, 0.1) is 5.56 Å². The van der Waals surface area contributed by atoms with Crippen molar-refractivity contribution in [3.05, 3.63) is 89.6 Å². The van der Waals surface area contributed by atoms with Gasteiger partial charge < -0.3 is 9.42 Å². The second-order valence-electron chi connectivity index (χ2n) is 6.74. The second-order valence-corrected chi connectivity index (χ2v) is 6.74. The van der Waals surface area contributed by atoms with Gasteiger partial charge in [-0.3, -0.25) is 4.98 Å². The summed E-state index contributed by atoms with van der Waals surface area (Å²) in [5.74, 6) is 2.03. The first-order valence-corrected chi connectivity index (χ1v) is 9.12. The van der Waals surface area contributed by atoms with Crippen molar-refractivity contribution in [3.8, 4) is 11.5 Å². The first-order chi connectivity index (χ1) is 13.7. The lowest BCUT2D eigenvalue weighted by Gasteiger charge is -2.19. The van der Waals surface area contributed by atoms with Crippen LogP contribution in [0.2, 0.25) is 0 Å². The molecule has 0 aliphatic carbocycles. The van der Waals surface area contributed by atoms with Gasteiger partial charge in [0.25, 0.3) is 5.89 Å². The van der Waals surface area contributed by atoms with Crippen LogP contribution >= 0.6 is 0 Å². The van der Waals surface area contributed by atoms with Crippen LogP contribution in [0.25, 0.3) is 11.5 Å². The van der Waals surface area contributed by atoms with Crippen LogP contribution in [0.5, 0.6) is 0 Å². The fourth-order valence-corrected chi connectivity index (χ4v) is 2.98. The molecule has 0 saturated carbocycles. The van der Waals surface area contributed by atoms with Gasteiger partial charge in [-0.15, -0.1) is 0 Å². The van der Waals surface area contributed by atoms with E-state index in [-0.39, 0.29) is 0 Å². The summed E-state index contributed by atoms with van der Waals surface area (Å²) in [5.41, 5.74) is 4.36. The molecule has 0 spiro atoms. The van der Waals surface area contributed by atoms with E-state index in [0.717, 1.165) is 23.5 Å². The fourth-order valence-electron chi connectivity index (χ4n) is 2.98. The minimum Gasteiger partial charge on any atom is -0.355 e. The third-order valence-electron chi connectivity index (χ3n) is 4.60. The van der Waals surface area contributed by atoms with Crippen LogP contribution in [0.3, 0.4) is 0 Å². The smallest absolute Gasteiger partial charge is 0.259 e. The largest absolute Gasteiger partial charge is 0.355 e. The lowest BCUT2D eigenvalue weighted by Crippen LogP contribution is -2.18. The van der Waals surface area contributed by atoms with E-state index in [2.05, 4.69) is 31.9 Å². The van der Waals surface area contributed by atoms with E-state index in [4.69, 9.17) is 4.52 Å². The Bertz CT molecular complexity index is 1040. The Labute approximate surface area is 163 Å². The predicted molar refractivity (Wildman–Crippen MR) is 108 cm³/mol. The van der Waals surface area contributed by atoms with E-state index < -0.39 is 0 Å². The van der Waals surface area contributed by atoms with Crippen LogP contribution in [0, 0.1) is 6.92 Å². The summed E-state index contributed by atoms with van der Waals surface area (Å²) in [4.78, 5) is 15.3. The molecular formula is C22H21N5O. The molecule has 0 bridgehead atoms. The molecule has 0 atom stereocenters. The highest BCUT2D eigenvalue weighted by molar-refractivity contribution is 5.54. The highest BCUT2D eigenvalue weighted by atomic mass is 16.5. The Morgan fingerprint density at radius 1 is 1.00 bits per heavy atom. The van der Waals surface area contributed by atoms with E-state index in [1.165, 1.54) is 11.1 Å². The number of rotatable bonds is 6. The Morgan fingerprint density at radius 3 is 2.61 bits per heavy atom. The topological polar surface area (TPSA) is 67.9 Å². The van der Waals surface area contributed by atoms with E-state index >= 15 is 0 Å². The summed E-state index contributed by atoms with van der Waals surface area (Å²) < 4.78 is 5.41. The number of benzene rings is 1. The van der Waals surface area contributed by atoms with Gasteiger partial charge >= 0.3 is 0 Å².